The Labute approximate surface area is 204 Å². The third-order valence-corrected chi connectivity index (χ3v) is 5.62. The lowest BCUT2D eigenvalue weighted by Crippen LogP contribution is -2.31. The standard InChI is InChI=1S/C29H39NO4/c1-29(2,3)34-28(31)25(19-11-6-13-21-32-26-20-12-14-22-33-26)30-27(23-15-7-4-8-16-23)24-17-9-5-10-18-24/h4-5,7-10,15-18,25-26H,6,11-14,19-22H2,1-3H3. The molecule has 2 aromatic rings. The molecule has 5 nitrogen and oxygen atoms in total. The largest absolute Gasteiger partial charge is 0.458 e. The smallest absolute Gasteiger partial charge is 0.331 e. The lowest BCUT2D eigenvalue weighted by molar-refractivity contribution is -0.162. The lowest BCUT2D eigenvalue weighted by Gasteiger charge is -2.23. The Kier molecular flexibility index (Phi) is 10.3. The van der Waals surface area contributed by atoms with Gasteiger partial charge in [0.05, 0.1) is 5.71 Å². The van der Waals surface area contributed by atoms with Crippen molar-refractivity contribution in [1.82, 2.24) is 0 Å². The molecule has 0 amide bonds. The quantitative estimate of drug-likeness (QED) is 0.221. The summed E-state index contributed by atoms with van der Waals surface area (Å²) in [5, 5.41) is 0. The third kappa shape index (κ3) is 9.03. The van der Waals surface area contributed by atoms with Crippen LogP contribution in [-0.4, -0.2) is 42.8 Å². The van der Waals surface area contributed by atoms with Gasteiger partial charge >= 0.3 is 5.97 Å². The highest BCUT2D eigenvalue weighted by Gasteiger charge is 2.25. The van der Waals surface area contributed by atoms with Crippen LogP contribution in [-0.2, 0) is 19.0 Å². The molecule has 0 saturated carbocycles. The first kappa shape index (κ1) is 26.1. The van der Waals surface area contributed by atoms with Crippen molar-refractivity contribution in [1.29, 1.82) is 0 Å². The number of aliphatic imine (C=N–C) groups is 1. The molecule has 1 saturated heterocycles. The van der Waals surface area contributed by atoms with Gasteiger partial charge in [-0.05, 0) is 52.9 Å². The maximum atomic E-state index is 13.1. The van der Waals surface area contributed by atoms with Crippen LogP contribution in [0.2, 0.25) is 0 Å². The minimum Gasteiger partial charge on any atom is -0.458 e. The SMILES string of the molecule is CC(C)(C)OC(=O)C(CCCCCOC1CCCCO1)N=C(c1ccccc1)c1ccccc1. The maximum absolute atomic E-state index is 13.1. The molecular formula is C29H39NO4. The van der Waals surface area contributed by atoms with Crippen LogP contribution in [0, 0.1) is 0 Å². The van der Waals surface area contributed by atoms with Crippen LogP contribution >= 0.6 is 0 Å². The van der Waals surface area contributed by atoms with Crippen LogP contribution < -0.4 is 0 Å². The van der Waals surface area contributed by atoms with Crippen LogP contribution in [0.25, 0.3) is 0 Å². The first-order chi connectivity index (χ1) is 16.4. The fourth-order valence-electron chi connectivity index (χ4n) is 3.94. The summed E-state index contributed by atoms with van der Waals surface area (Å²) >= 11 is 0. The van der Waals surface area contributed by atoms with E-state index in [0.29, 0.717) is 13.0 Å². The van der Waals surface area contributed by atoms with E-state index in [0.717, 1.165) is 55.5 Å². The number of unbranched alkanes of at least 4 members (excludes halogenated alkanes) is 2. The van der Waals surface area contributed by atoms with E-state index in [1.807, 2.05) is 81.4 Å². The van der Waals surface area contributed by atoms with Gasteiger partial charge in [0.15, 0.2) is 6.29 Å². The van der Waals surface area contributed by atoms with Crippen molar-refractivity contribution in [3.05, 3.63) is 71.8 Å². The zero-order valence-electron chi connectivity index (χ0n) is 20.9. The Hall–Kier alpha value is -2.50. The number of benzene rings is 2. The van der Waals surface area contributed by atoms with E-state index in [9.17, 15) is 4.79 Å². The van der Waals surface area contributed by atoms with Crippen molar-refractivity contribution in [2.24, 2.45) is 4.99 Å². The fraction of sp³-hybridized carbons (Fsp3) is 0.517. The summed E-state index contributed by atoms with van der Waals surface area (Å²) in [6.07, 6.45) is 6.65. The molecule has 184 valence electrons. The number of hydrogen-bond acceptors (Lipinski definition) is 5. The summed E-state index contributed by atoms with van der Waals surface area (Å²) < 4.78 is 17.2. The second-order valence-electron chi connectivity index (χ2n) is 9.78. The first-order valence-electron chi connectivity index (χ1n) is 12.6. The maximum Gasteiger partial charge on any atom is 0.331 e. The number of rotatable bonds is 11. The van der Waals surface area contributed by atoms with Gasteiger partial charge in [0.1, 0.15) is 11.6 Å². The van der Waals surface area contributed by atoms with E-state index in [1.165, 1.54) is 6.42 Å². The highest BCUT2D eigenvalue weighted by molar-refractivity contribution is 6.13. The lowest BCUT2D eigenvalue weighted by atomic mass is 10.0. The van der Waals surface area contributed by atoms with Gasteiger partial charge in [0.2, 0.25) is 0 Å². The molecule has 0 aromatic heterocycles. The van der Waals surface area contributed by atoms with Gasteiger partial charge in [0, 0.05) is 24.3 Å². The van der Waals surface area contributed by atoms with Crippen LogP contribution in [0.4, 0.5) is 0 Å². The van der Waals surface area contributed by atoms with E-state index in [-0.39, 0.29) is 12.3 Å². The normalized spacial score (nSPS) is 17.1. The Balaban J connectivity index is 1.68. The van der Waals surface area contributed by atoms with Gasteiger partial charge < -0.3 is 14.2 Å². The Morgan fingerprint density at radius 2 is 1.62 bits per heavy atom. The molecule has 0 N–H and O–H groups in total. The summed E-state index contributed by atoms with van der Waals surface area (Å²) in [6.45, 7) is 7.17. The van der Waals surface area contributed by atoms with Crippen molar-refractivity contribution in [3.8, 4) is 0 Å². The summed E-state index contributed by atoms with van der Waals surface area (Å²) in [5.74, 6) is -0.274. The summed E-state index contributed by atoms with van der Waals surface area (Å²) in [5.41, 5.74) is 2.24. The molecule has 1 aliphatic heterocycles. The van der Waals surface area contributed by atoms with Gasteiger partial charge in [-0.3, -0.25) is 4.99 Å². The number of carbonyl (C=O) groups excluding carboxylic acids is 1. The molecular weight excluding hydrogens is 426 g/mol. The second-order valence-corrected chi connectivity index (χ2v) is 9.78. The monoisotopic (exact) mass is 465 g/mol. The van der Waals surface area contributed by atoms with Crippen molar-refractivity contribution in [3.63, 3.8) is 0 Å². The number of hydrogen-bond donors (Lipinski definition) is 0. The Morgan fingerprint density at radius 1 is 0.971 bits per heavy atom. The van der Waals surface area contributed by atoms with Gasteiger partial charge in [0.25, 0.3) is 0 Å². The minimum atomic E-state index is -0.558. The molecule has 1 heterocycles. The molecule has 2 aromatic carbocycles. The highest BCUT2D eigenvalue weighted by atomic mass is 16.7. The molecule has 0 radical (unpaired) electrons. The summed E-state index contributed by atoms with van der Waals surface area (Å²) in [6, 6.07) is 19.5. The summed E-state index contributed by atoms with van der Waals surface area (Å²) in [7, 11) is 0. The van der Waals surface area contributed by atoms with Crippen LogP contribution in [0.5, 0.6) is 0 Å². The number of carbonyl (C=O) groups is 1. The highest BCUT2D eigenvalue weighted by Crippen LogP contribution is 2.19. The summed E-state index contributed by atoms with van der Waals surface area (Å²) in [4.78, 5) is 18.1. The van der Waals surface area contributed by atoms with Crippen molar-refractivity contribution in [2.45, 2.75) is 83.6 Å². The predicted octanol–water partition coefficient (Wildman–Crippen LogP) is 6.34. The van der Waals surface area contributed by atoms with Gasteiger partial charge in [-0.1, -0.05) is 73.5 Å². The molecule has 0 aliphatic carbocycles. The zero-order chi connectivity index (χ0) is 24.2. The van der Waals surface area contributed by atoms with E-state index in [4.69, 9.17) is 19.2 Å². The van der Waals surface area contributed by atoms with E-state index >= 15 is 0 Å². The number of esters is 1. The molecule has 3 rings (SSSR count). The first-order valence-corrected chi connectivity index (χ1v) is 12.6. The molecule has 1 aliphatic rings. The van der Waals surface area contributed by atoms with Crippen molar-refractivity contribution < 1.29 is 19.0 Å². The van der Waals surface area contributed by atoms with Crippen LogP contribution in [0.3, 0.4) is 0 Å². The van der Waals surface area contributed by atoms with Crippen molar-refractivity contribution >= 4 is 11.7 Å². The van der Waals surface area contributed by atoms with E-state index < -0.39 is 11.6 Å². The van der Waals surface area contributed by atoms with Gasteiger partial charge in [-0.25, -0.2) is 4.79 Å². The third-order valence-electron chi connectivity index (χ3n) is 5.62. The molecule has 2 unspecified atom stereocenters. The van der Waals surface area contributed by atoms with Crippen molar-refractivity contribution in [2.75, 3.05) is 13.2 Å². The zero-order valence-corrected chi connectivity index (χ0v) is 20.9. The average molecular weight is 466 g/mol. The van der Waals surface area contributed by atoms with E-state index in [1.54, 1.807) is 0 Å². The van der Waals surface area contributed by atoms with Gasteiger partial charge in [-0.2, -0.15) is 0 Å². The molecule has 34 heavy (non-hydrogen) atoms. The fourth-order valence-corrected chi connectivity index (χ4v) is 3.94. The average Bonchev–Trinajstić information content (AvgIpc) is 2.84. The number of nitrogens with zero attached hydrogens (tertiary/aromatic N) is 1. The second kappa shape index (κ2) is 13.4. The topological polar surface area (TPSA) is 57.1 Å². The van der Waals surface area contributed by atoms with Crippen LogP contribution in [0.15, 0.2) is 65.7 Å². The Bertz CT molecular complexity index is 842. The van der Waals surface area contributed by atoms with Crippen LogP contribution in [0.1, 0.15) is 76.8 Å². The predicted molar refractivity (Wildman–Crippen MR) is 136 cm³/mol. The Morgan fingerprint density at radius 3 is 2.18 bits per heavy atom. The van der Waals surface area contributed by atoms with E-state index in [2.05, 4.69) is 0 Å². The molecule has 1 fully saturated rings. The molecule has 2 atom stereocenters. The minimum absolute atomic E-state index is 0.0489. The molecule has 5 heteroatoms. The van der Waals surface area contributed by atoms with Gasteiger partial charge in [-0.15, -0.1) is 0 Å². The number of ether oxygens (including phenoxy) is 3. The molecule has 0 spiro atoms. The molecule has 0 bridgehead atoms.